The van der Waals surface area contributed by atoms with Gasteiger partial charge in [-0.05, 0) is 31.6 Å². The molecule has 2 aliphatic rings. The molecule has 1 N–H and O–H groups in total. The van der Waals surface area contributed by atoms with Crippen molar-refractivity contribution in [1.82, 2.24) is 4.90 Å². The number of para-hydroxylation sites is 1. The Labute approximate surface area is 84.9 Å². The number of benzene rings is 1. The van der Waals surface area contributed by atoms with Crippen LogP contribution in [-0.4, -0.2) is 31.1 Å². The molecule has 0 amide bonds. The largest absolute Gasteiger partial charge is 0.380 e. The van der Waals surface area contributed by atoms with Crippen LogP contribution >= 0.6 is 0 Å². The second-order valence-electron chi connectivity index (χ2n) is 4.50. The predicted molar refractivity (Wildman–Crippen MR) is 58.7 cm³/mol. The van der Waals surface area contributed by atoms with E-state index in [1.54, 1.807) is 0 Å². The lowest BCUT2D eigenvalue weighted by Gasteiger charge is -2.32. The highest BCUT2D eigenvalue weighted by molar-refractivity contribution is 5.59. The van der Waals surface area contributed by atoms with Crippen molar-refractivity contribution in [2.75, 3.05) is 25.5 Å². The smallest absolute Gasteiger partial charge is 0.0458 e. The quantitative estimate of drug-likeness (QED) is 0.669. The van der Waals surface area contributed by atoms with E-state index >= 15 is 0 Å². The summed E-state index contributed by atoms with van der Waals surface area (Å²) in [4.78, 5) is 2.42. The molecule has 3 rings (SSSR count). The highest BCUT2D eigenvalue weighted by Gasteiger charge is 2.34. The summed E-state index contributed by atoms with van der Waals surface area (Å²) >= 11 is 0. The first-order valence-corrected chi connectivity index (χ1v) is 5.38. The van der Waals surface area contributed by atoms with E-state index in [0.717, 1.165) is 5.92 Å². The van der Waals surface area contributed by atoms with E-state index < -0.39 is 0 Å². The third-order valence-corrected chi connectivity index (χ3v) is 3.52. The van der Waals surface area contributed by atoms with Gasteiger partial charge in [0.1, 0.15) is 0 Å². The topological polar surface area (TPSA) is 15.3 Å². The summed E-state index contributed by atoms with van der Waals surface area (Å²) in [6.07, 6.45) is 1.30. The molecule has 0 aromatic heterocycles. The van der Waals surface area contributed by atoms with Crippen LogP contribution in [0.5, 0.6) is 0 Å². The maximum Gasteiger partial charge on any atom is 0.0458 e. The van der Waals surface area contributed by atoms with Crippen molar-refractivity contribution in [3.8, 4) is 0 Å². The number of piperidine rings is 1. The fraction of sp³-hybridized carbons (Fsp3) is 0.500. The van der Waals surface area contributed by atoms with Crippen molar-refractivity contribution in [2.24, 2.45) is 0 Å². The molecule has 14 heavy (non-hydrogen) atoms. The van der Waals surface area contributed by atoms with Gasteiger partial charge in [0.2, 0.25) is 0 Å². The number of nitrogens with one attached hydrogen (secondary N) is 1. The summed E-state index contributed by atoms with van der Waals surface area (Å²) in [6, 6.07) is 9.39. The molecule has 1 fully saturated rings. The maximum atomic E-state index is 3.63. The number of nitrogens with zero attached hydrogens (tertiary/aromatic N) is 1. The van der Waals surface area contributed by atoms with Gasteiger partial charge >= 0.3 is 0 Å². The molecule has 2 unspecified atom stereocenters. The van der Waals surface area contributed by atoms with E-state index in [9.17, 15) is 0 Å². The number of rotatable bonds is 0. The third kappa shape index (κ3) is 1.14. The van der Waals surface area contributed by atoms with Gasteiger partial charge in [0.25, 0.3) is 0 Å². The standard InChI is InChI=1S/C12H16N2/c1-14-7-6-10-9-4-2-3-5-11(9)13-12(10)8-14/h2-5,10,12-13H,6-8H2,1H3. The van der Waals surface area contributed by atoms with Gasteiger partial charge < -0.3 is 10.2 Å². The van der Waals surface area contributed by atoms with Crippen LogP contribution in [0.4, 0.5) is 5.69 Å². The fourth-order valence-corrected chi connectivity index (χ4v) is 2.78. The number of anilines is 1. The van der Waals surface area contributed by atoms with Crippen LogP contribution < -0.4 is 5.32 Å². The molecular weight excluding hydrogens is 172 g/mol. The van der Waals surface area contributed by atoms with E-state index in [1.807, 2.05) is 0 Å². The summed E-state index contributed by atoms with van der Waals surface area (Å²) in [5.74, 6) is 0.752. The van der Waals surface area contributed by atoms with E-state index in [-0.39, 0.29) is 0 Å². The van der Waals surface area contributed by atoms with Crippen LogP contribution in [0.15, 0.2) is 24.3 Å². The monoisotopic (exact) mass is 188 g/mol. The van der Waals surface area contributed by atoms with Crippen molar-refractivity contribution in [3.63, 3.8) is 0 Å². The zero-order valence-corrected chi connectivity index (χ0v) is 8.53. The van der Waals surface area contributed by atoms with Crippen LogP contribution in [0.25, 0.3) is 0 Å². The maximum absolute atomic E-state index is 3.63. The van der Waals surface area contributed by atoms with Crippen molar-refractivity contribution in [2.45, 2.75) is 18.4 Å². The number of fused-ring (bicyclic) bond motifs is 3. The van der Waals surface area contributed by atoms with Crippen molar-refractivity contribution >= 4 is 5.69 Å². The van der Waals surface area contributed by atoms with Gasteiger partial charge in [0.05, 0.1) is 0 Å². The fourth-order valence-electron chi connectivity index (χ4n) is 2.78. The molecule has 0 saturated carbocycles. The normalized spacial score (nSPS) is 30.6. The Balaban J connectivity index is 1.94. The van der Waals surface area contributed by atoms with Crippen LogP contribution in [0.3, 0.4) is 0 Å². The molecule has 1 saturated heterocycles. The second kappa shape index (κ2) is 2.99. The molecule has 74 valence electrons. The minimum absolute atomic E-state index is 0.645. The Morgan fingerprint density at radius 3 is 3.14 bits per heavy atom. The Morgan fingerprint density at radius 2 is 2.21 bits per heavy atom. The first-order chi connectivity index (χ1) is 6.84. The van der Waals surface area contributed by atoms with Gasteiger partial charge in [-0.2, -0.15) is 0 Å². The van der Waals surface area contributed by atoms with Crippen LogP contribution in [0.1, 0.15) is 17.9 Å². The van der Waals surface area contributed by atoms with Gasteiger partial charge in [-0.3, -0.25) is 0 Å². The summed E-state index contributed by atoms with van der Waals surface area (Å²) in [5, 5.41) is 3.63. The van der Waals surface area contributed by atoms with Crippen molar-refractivity contribution < 1.29 is 0 Å². The van der Waals surface area contributed by atoms with Crippen molar-refractivity contribution in [1.29, 1.82) is 0 Å². The lowest BCUT2D eigenvalue weighted by molar-refractivity contribution is 0.245. The average Bonchev–Trinajstić information content (AvgIpc) is 2.54. The molecule has 1 aromatic carbocycles. The summed E-state index contributed by atoms with van der Waals surface area (Å²) in [6.45, 7) is 2.41. The van der Waals surface area contributed by atoms with Gasteiger partial charge in [-0.1, -0.05) is 18.2 Å². The molecule has 2 nitrogen and oxygen atoms in total. The Morgan fingerprint density at radius 1 is 1.36 bits per heavy atom. The van der Waals surface area contributed by atoms with Crippen molar-refractivity contribution in [3.05, 3.63) is 29.8 Å². The third-order valence-electron chi connectivity index (χ3n) is 3.52. The molecule has 2 heterocycles. The number of hydrogen-bond donors (Lipinski definition) is 1. The molecule has 1 aromatic rings. The molecule has 2 heteroatoms. The molecule has 2 aliphatic heterocycles. The lowest BCUT2D eigenvalue weighted by Crippen LogP contribution is -2.41. The summed E-state index contributed by atoms with van der Waals surface area (Å²) < 4.78 is 0. The second-order valence-corrected chi connectivity index (χ2v) is 4.50. The SMILES string of the molecule is CN1CCC2c3ccccc3NC2C1. The Kier molecular flexibility index (Phi) is 1.77. The van der Waals surface area contributed by atoms with Crippen LogP contribution in [0.2, 0.25) is 0 Å². The van der Waals surface area contributed by atoms with Crippen LogP contribution in [0, 0.1) is 0 Å². The van der Waals surface area contributed by atoms with Gasteiger partial charge in [-0.15, -0.1) is 0 Å². The minimum Gasteiger partial charge on any atom is -0.380 e. The zero-order valence-electron chi connectivity index (χ0n) is 8.53. The lowest BCUT2D eigenvalue weighted by atomic mass is 9.89. The number of hydrogen-bond acceptors (Lipinski definition) is 2. The first-order valence-electron chi connectivity index (χ1n) is 5.38. The van der Waals surface area contributed by atoms with Gasteiger partial charge in [0, 0.05) is 24.2 Å². The number of likely N-dealkylation sites (tertiary alicyclic amines) is 1. The van der Waals surface area contributed by atoms with Gasteiger partial charge in [0.15, 0.2) is 0 Å². The molecule has 0 radical (unpaired) electrons. The molecular formula is C12H16N2. The van der Waals surface area contributed by atoms with E-state index in [1.165, 1.54) is 30.8 Å². The zero-order chi connectivity index (χ0) is 9.54. The number of likely N-dealkylation sites (N-methyl/N-ethyl adjacent to an activating group) is 1. The summed E-state index contributed by atoms with van der Waals surface area (Å²) in [7, 11) is 2.21. The average molecular weight is 188 g/mol. The van der Waals surface area contributed by atoms with Crippen LogP contribution in [-0.2, 0) is 0 Å². The highest BCUT2D eigenvalue weighted by Crippen LogP contribution is 2.39. The highest BCUT2D eigenvalue weighted by atomic mass is 15.2. The molecule has 2 atom stereocenters. The van der Waals surface area contributed by atoms with E-state index in [2.05, 4.69) is 41.5 Å². The van der Waals surface area contributed by atoms with Gasteiger partial charge in [-0.25, -0.2) is 0 Å². The molecule has 0 bridgehead atoms. The Hall–Kier alpha value is -1.02. The van der Waals surface area contributed by atoms with E-state index in [0.29, 0.717) is 6.04 Å². The minimum atomic E-state index is 0.645. The first kappa shape index (κ1) is 8.30. The summed E-state index contributed by atoms with van der Waals surface area (Å²) in [5.41, 5.74) is 2.89. The molecule has 0 aliphatic carbocycles. The van der Waals surface area contributed by atoms with E-state index in [4.69, 9.17) is 0 Å². The molecule has 0 spiro atoms. The Bertz CT molecular complexity index is 348. The predicted octanol–water partition coefficient (Wildman–Crippen LogP) is 1.90.